The first-order valence-electron chi connectivity index (χ1n) is 3.25. The van der Waals surface area contributed by atoms with Crippen LogP contribution in [0.2, 0.25) is 0 Å². The van der Waals surface area contributed by atoms with E-state index >= 15 is 0 Å². The second-order valence-corrected chi connectivity index (χ2v) is 1.26. The van der Waals surface area contributed by atoms with Gasteiger partial charge in [-0.3, -0.25) is 0 Å². The van der Waals surface area contributed by atoms with Crippen LogP contribution in [0.25, 0.3) is 0 Å². The molecule has 60 valence electrons. The van der Waals surface area contributed by atoms with Crippen molar-refractivity contribution in [2.75, 3.05) is 13.7 Å². The minimum absolute atomic E-state index is 0.423. The first kappa shape index (κ1) is 12.0. The van der Waals surface area contributed by atoms with Gasteiger partial charge in [-0.1, -0.05) is 27.0 Å². The molecule has 0 fully saturated rings. The molecule has 0 saturated carbocycles. The molecule has 0 aliphatic rings. The SMILES string of the molecule is C=COC(=C)COC.CC. The van der Waals surface area contributed by atoms with Crippen LogP contribution in [-0.4, -0.2) is 13.7 Å². The molecule has 10 heavy (non-hydrogen) atoms. The average molecular weight is 144 g/mol. The van der Waals surface area contributed by atoms with Crippen LogP contribution >= 0.6 is 0 Å². The van der Waals surface area contributed by atoms with Gasteiger partial charge in [-0.15, -0.1) is 0 Å². The second kappa shape index (κ2) is 11.1. The molecule has 0 N–H and O–H groups in total. The molecule has 0 aliphatic carbocycles. The molecule has 2 nitrogen and oxygen atoms in total. The molecule has 0 rings (SSSR count). The van der Waals surface area contributed by atoms with Crippen molar-refractivity contribution < 1.29 is 9.47 Å². The van der Waals surface area contributed by atoms with Crippen LogP contribution in [0.4, 0.5) is 0 Å². The predicted octanol–water partition coefficient (Wildman–Crippen LogP) is 2.33. The van der Waals surface area contributed by atoms with Gasteiger partial charge in [0, 0.05) is 7.11 Å². The maximum atomic E-state index is 4.73. The van der Waals surface area contributed by atoms with Crippen LogP contribution < -0.4 is 0 Å². The van der Waals surface area contributed by atoms with Gasteiger partial charge in [0.2, 0.25) is 0 Å². The van der Waals surface area contributed by atoms with Crippen molar-refractivity contribution in [2.45, 2.75) is 13.8 Å². The van der Waals surface area contributed by atoms with Gasteiger partial charge in [0.15, 0.2) is 0 Å². The highest BCUT2D eigenvalue weighted by atomic mass is 16.5. The largest absolute Gasteiger partial charge is 0.468 e. The maximum Gasteiger partial charge on any atom is 0.122 e. The van der Waals surface area contributed by atoms with Crippen molar-refractivity contribution in [3.63, 3.8) is 0 Å². The van der Waals surface area contributed by atoms with Crippen molar-refractivity contribution >= 4 is 0 Å². The lowest BCUT2D eigenvalue weighted by molar-refractivity contribution is 0.176. The van der Waals surface area contributed by atoms with Crippen LogP contribution in [0.15, 0.2) is 25.2 Å². The Morgan fingerprint density at radius 1 is 1.50 bits per heavy atom. The summed E-state index contributed by atoms with van der Waals surface area (Å²) in [6.07, 6.45) is 1.32. The molecule has 2 heteroatoms. The fraction of sp³-hybridized carbons (Fsp3) is 0.500. The van der Waals surface area contributed by atoms with Gasteiger partial charge in [-0.25, -0.2) is 0 Å². The number of methoxy groups -OCH3 is 1. The molecule has 0 aromatic rings. The van der Waals surface area contributed by atoms with E-state index in [4.69, 9.17) is 4.74 Å². The van der Waals surface area contributed by atoms with Gasteiger partial charge >= 0.3 is 0 Å². The topological polar surface area (TPSA) is 18.5 Å². The van der Waals surface area contributed by atoms with Crippen LogP contribution in [0.1, 0.15) is 13.8 Å². The van der Waals surface area contributed by atoms with Gasteiger partial charge in [0.05, 0.1) is 6.26 Å². The Bertz CT molecular complexity index is 87.3. The first-order valence-corrected chi connectivity index (χ1v) is 3.25. The molecule has 0 aromatic heterocycles. The van der Waals surface area contributed by atoms with Crippen molar-refractivity contribution in [1.82, 2.24) is 0 Å². The standard InChI is InChI=1S/C6H10O2.C2H6/c1-4-8-6(2)5-7-3;1-2/h4H,1-2,5H2,3H3;1-2H3. The summed E-state index contributed by atoms with van der Waals surface area (Å²) in [5.74, 6) is 0.572. The highest BCUT2D eigenvalue weighted by molar-refractivity contribution is 4.83. The van der Waals surface area contributed by atoms with Crippen LogP contribution in [-0.2, 0) is 9.47 Å². The molecule has 0 spiro atoms. The number of hydrogen-bond donors (Lipinski definition) is 0. The molecule has 0 saturated heterocycles. The number of ether oxygens (including phenoxy) is 2. The van der Waals surface area contributed by atoms with Crippen LogP contribution in [0.3, 0.4) is 0 Å². The van der Waals surface area contributed by atoms with Crippen molar-refractivity contribution in [2.24, 2.45) is 0 Å². The summed E-state index contributed by atoms with van der Waals surface area (Å²) in [4.78, 5) is 0. The molecule has 0 unspecified atom stereocenters. The average Bonchev–Trinajstić information content (AvgIpc) is 1.93. The van der Waals surface area contributed by atoms with E-state index < -0.39 is 0 Å². The fourth-order valence-corrected chi connectivity index (χ4v) is 0.313. The van der Waals surface area contributed by atoms with Crippen LogP contribution in [0, 0.1) is 0 Å². The molecule has 0 radical (unpaired) electrons. The Morgan fingerprint density at radius 3 is 2.30 bits per heavy atom. The Labute approximate surface area is 63.1 Å². The van der Waals surface area contributed by atoms with Crippen molar-refractivity contribution in [3.8, 4) is 0 Å². The molecule has 0 bridgehead atoms. The smallest absolute Gasteiger partial charge is 0.122 e. The minimum Gasteiger partial charge on any atom is -0.468 e. The van der Waals surface area contributed by atoms with Crippen LogP contribution in [0.5, 0.6) is 0 Å². The van der Waals surface area contributed by atoms with Gasteiger partial charge in [0.25, 0.3) is 0 Å². The number of hydrogen-bond acceptors (Lipinski definition) is 2. The third-order valence-electron chi connectivity index (χ3n) is 0.555. The lowest BCUT2D eigenvalue weighted by atomic mass is 10.6. The van der Waals surface area contributed by atoms with E-state index in [1.165, 1.54) is 6.26 Å². The zero-order valence-corrected chi connectivity index (χ0v) is 7.02. The van der Waals surface area contributed by atoms with Gasteiger partial charge in [-0.05, 0) is 0 Å². The summed E-state index contributed by atoms with van der Waals surface area (Å²) in [6.45, 7) is 11.3. The first-order chi connectivity index (χ1) is 4.81. The highest BCUT2D eigenvalue weighted by Crippen LogP contribution is 1.91. The Hall–Kier alpha value is -0.760. The van der Waals surface area contributed by atoms with E-state index in [1.54, 1.807) is 7.11 Å². The second-order valence-electron chi connectivity index (χ2n) is 1.26. The molecule has 0 atom stereocenters. The molecular formula is C8H16O2. The van der Waals surface area contributed by atoms with Gasteiger partial charge in [-0.2, -0.15) is 0 Å². The van der Waals surface area contributed by atoms with E-state index in [2.05, 4.69) is 17.9 Å². The summed E-state index contributed by atoms with van der Waals surface area (Å²) in [5, 5.41) is 0. The molecule has 0 heterocycles. The predicted molar refractivity (Wildman–Crippen MR) is 43.6 cm³/mol. The maximum absolute atomic E-state index is 4.73. The van der Waals surface area contributed by atoms with Gasteiger partial charge in [0.1, 0.15) is 12.4 Å². The highest BCUT2D eigenvalue weighted by Gasteiger charge is 1.86. The third kappa shape index (κ3) is 10.3. The summed E-state index contributed by atoms with van der Waals surface area (Å²) < 4.78 is 9.41. The van der Waals surface area contributed by atoms with E-state index in [9.17, 15) is 0 Å². The third-order valence-corrected chi connectivity index (χ3v) is 0.555. The summed E-state index contributed by atoms with van der Waals surface area (Å²) >= 11 is 0. The van der Waals surface area contributed by atoms with Crippen molar-refractivity contribution in [3.05, 3.63) is 25.2 Å². The molecule has 0 aromatic carbocycles. The number of rotatable bonds is 4. The molecular weight excluding hydrogens is 128 g/mol. The minimum atomic E-state index is 0.423. The zero-order chi connectivity index (χ0) is 8.41. The van der Waals surface area contributed by atoms with Gasteiger partial charge < -0.3 is 9.47 Å². The van der Waals surface area contributed by atoms with Crippen molar-refractivity contribution in [1.29, 1.82) is 0 Å². The normalized spacial score (nSPS) is 7.10. The summed E-state index contributed by atoms with van der Waals surface area (Å²) in [7, 11) is 1.58. The summed E-state index contributed by atoms with van der Waals surface area (Å²) in [5.41, 5.74) is 0. The fourth-order valence-electron chi connectivity index (χ4n) is 0.313. The van der Waals surface area contributed by atoms with E-state index in [0.717, 1.165) is 0 Å². The van der Waals surface area contributed by atoms with E-state index in [1.807, 2.05) is 13.8 Å². The zero-order valence-electron chi connectivity index (χ0n) is 7.02. The lowest BCUT2D eigenvalue weighted by Crippen LogP contribution is -1.92. The van der Waals surface area contributed by atoms with E-state index in [-0.39, 0.29) is 0 Å². The lowest BCUT2D eigenvalue weighted by Gasteiger charge is -1.99. The Morgan fingerprint density at radius 2 is 2.00 bits per heavy atom. The summed E-state index contributed by atoms with van der Waals surface area (Å²) in [6, 6.07) is 0. The molecule has 0 aliphatic heterocycles. The van der Waals surface area contributed by atoms with E-state index in [0.29, 0.717) is 12.4 Å². The molecule has 0 amide bonds. The monoisotopic (exact) mass is 144 g/mol. The Kier molecular flexibility index (Phi) is 13.3. The Balaban J connectivity index is 0. The quantitative estimate of drug-likeness (QED) is 0.564.